The fourth-order valence-electron chi connectivity index (χ4n) is 1.86. The van der Waals surface area contributed by atoms with Gasteiger partial charge in [-0.2, -0.15) is 0 Å². The number of ether oxygens (including phenoxy) is 1. The highest BCUT2D eigenvalue weighted by molar-refractivity contribution is 5.93. The van der Waals surface area contributed by atoms with E-state index in [1.165, 1.54) is 0 Å². The van der Waals surface area contributed by atoms with Crippen molar-refractivity contribution >= 4 is 16.6 Å². The first kappa shape index (κ1) is 9.77. The fraction of sp³-hybridized carbons (Fsp3) is 0.250. The summed E-state index contributed by atoms with van der Waals surface area (Å²) in [6.45, 7) is 2.10. The lowest BCUT2D eigenvalue weighted by Gasteiger charge is -2.11. The van der Waals surface area contributed by atoms with Crippen molar-refractivity contribution in [3.05, 3.63) is 30.0 Å². The van der Waals surface area contributed by atoms with Gasteiger partial charge in [-0.3, -0.25) is 4.98 Å². The van der Waals surface area contributed by atoms with Crippen molar-refractivity contribution in [3.63, 3.8) is 0 Å². The number of aromatic nitrogens is 1. The number of anilines is 1. The average Bonchev–Trinajstić information content (AvgIpc) is 2.29. The number of hydrogen-bond donors (Lipinski definition) is 1. The molecule has 1 heterocycles. The number of hydrogen-bond acceptors (Lipinski definition) is 3. The molecule has 2 N–H and O–H groups in total. The van der Waals surface area contributed by atoms with Crippen LogP contribution in [0.15, 0.2) is 24.4 Å². The van der Waals surface area contributed by atoms with E-state index in [0.717, 1.165) is 28.6 Å². The van der Waals surface area contributed by atoms with Crippen molar-refractivity contribution in [3.8, 4) is 5.75 Å². The Morgan fingerprint density at radius 1 is 1.47 bits per heavy atom. The molecule has 0 amide bonds. The Bertz CT molecular complexity index is 494. The second-order valence-electron chi connectivity index (χ2n) is 3.40. The Hall–Kier alpha value is -1.77. The SMILES string of the molecule is CCc1c(OC)cc(N)c2ncccc12. The molecule has 0 saturated heterocycles. The molecule has 0 bridgehead atoms. The molecule has 2 rings (SSSR count). The molecule has 1 aromatic heterocycles. The van der Waals surface area contributed by atoms with Gasteiger partial charge in [-0.25, -0.2) is 0 Å². The van der Waals surface area contributed by atoms with E-state index in [1.54, 1.807) is 13.3 Å². The molecule has 0 saturated carbocycles. The Labute approximate surface area is 88.9 Å². The number of pyridine rings is 1. The summed E-state index contributed by atoms with van der Waals surface area (Å²) in [6.07, 6.45) is 2.66. The van der Waals surface area contributed by atoms with Crippen molar-refractivity contribution in [2.24, 2.45) is 0 Å². The Morgan fingerprint density at radius 3 is 2.93 bits per heavy atom. The van der Waals surface area contributed by atoms with Crippen LogP contribution in [0.3, 0.4) is 0 Å². The van der Waals surface area contributed by atoms with Crippen LogP contribution in [0, 0.1) is 0 Å². The van der Waals surface area contributed by atoms with Crippen LogP contribution in [0.5, 0.6) is 5.75 Å². The molecule has 3 heteroatoms. The van der Waals surface area contributed by atoms with Crippen LogP contribution in [0.25, 0.3) is 10.9 Å². The van der Waals surface area contributed by atoms with Crippen LogP contribution in [-0.2, 0) is 6.42 Å². The van der Waals surface area contributed by atoms with Crippen molar-refractivity contribution < 1.29 is 4.74 Å². The maximum absolute atomic E-state index is 5.91. The van der Waals surface area contributed by atoms with Gasteiger partial charge in [0.15, 0.2) is 0 Å². The summed E-state index contributed by atoms with van der Waals surface area (Å²) >= 11 is 0. The first-order valence-electron chi connectivity index (χ1n) is 4.98. The van der Waals surface area contributed by atoms with Gasteiger partial charge in [-0.15, -0.1) is 0 Å². The van der Waals surface area contributed by atoms with Crippen molar-refractivity contribution in [2.75, 3.05) is 12.8 Å². The maximum atomic E-state index is 5.91. The zero-order valence-electron chi connectivity index (χ0n) is 8.95. The molecule has 0 radical (unpaired) electrons. The molecule has 0 aliphatic carbocycles. The number of nitrogen functional groups attached to an aromatic ring is 1. The van der Waals surface area contributed by atoms with E-state index in [1.807, 2.05) is 18.2 Å². The van der Waals surface area contributed by atoms with E-state index in [2.05, 4.69) is 11.9 Å². The number of benzene rings is 1. The first-order chi connectivity index (χ1) is 7.27. The van der Waals surface area contributed by atoms with Gasteiger partial charge >= 0.3 is 0 Å². The maximum Gasteiger partial charge on any atom is 0.124 e. The van der Waals surface area contributed by atoms with E-state index in [0.29, 0.717) is 5.69 Å². The summed E-state index contributed by atoms with van der Waals surface area (Å²) in [5.74, 6) is 0.843. The fourth-order valence-corrected chi connectivity index (χ4v) is 1.86. The lowest BCUT2D eigenvalue weighted by molar-refractivity contribution is 0.411. The second kappa shape index (κ2) is 3.77. The molecule has 15 heavy (non-hydrogen) atoms. The molecule has 78 valence electrons. The van der Waals surface area contributed by atoms with Crippen molar-refractivity contribution in [2.45, 2.75) is 13.3 Å². The highest BCUT2D eigenvalue weighted by Gasteiger charge is 2.09. The molecular formula is C12H14N2O. The smallest absolute Gasteiger partial charge is 0.124 e. The van der Waals surface area contributed by atoms with Crippen LogP contribution in [0.2, 0.25) is 0 Å². The van der Waals surface area contributed by atoms with E-state index in [-0.39, 0.29) is 0 Å². The number of rotatable bonds is 2. The third-order valence-corrected chi connectivity index (χ3v) is 2.56. The van der Waals surface area contributed by atoms with Gasteiger partial charge in [0.1, 0.15) is 5.75 Å². The van der Waals surface area contributed by atoms with Crippen molar-refractivity contribution in [1.29, 1.82) is 0 Å². The van der Waals surface area contributed by atoms with E-state index >= 15 is 0 Å². The minimum Gasteiger partial charge on any atom is -0.496 e. The third kappa shape index (κ3) is 1.50. The molecule has 0 aliphatic heterocycles. The predicted molar refractivity (Wildman–Crippen MR) is 62.1 cm³/mol. The molecule has 0 unspecified atom stereocenters. The van der Waals surface area contributed by atoms with Gasteiger partial charge in [-0.05, 0) is 12.5 Å². The average molecular weight is 202 g/mol. The zero-order valence-corrected chi connectivity index (χ0v) is 8.95. The number of nitrogens with two attached hydrogens (primary N) is 1. The number of nitrogens with zero attached hydrogens (tertiary/aromatic N) is 1. The Morgan fingerprint density at radius 2 is 2.27 bits per heavy atom. The predicted octanol–water partition coefficient (Wildman–Crippen LogP) is 2.39. The van der Waals surface area contributed by atoms with Crippen LogP contribution in [0.1, 0.15) is 12.5 Å². The summed E-state index contributed by atoms with van der Waals surface area (Å²) in [5, 5.41) is 1.08. The summed E-state index contributed by atoms with van der Waals surface area (Å²) in [7, 11) is 1.66. The third-order valence-electron chi connectivity index (χ3n) is 2.56. The molecule has 0 spiro atoms. The second-order valence-corrected chi connectivity index (χ2v) is 3.40. The quantitative estimate of drug-likeness (QED) is 0.760. The normalized spacial score (nSPS) is 10.5. The number of methoxy groups -OCH3 is 1. The first-order valence-corrected chi connectivity index (χ1v) is 4.98. The number of fused-ring (bicyclic) bond motifs is 1. The molecule has 0 fully saturated rings. The highest BCUT2D eigenvalue weighted by atomic mass is 16.5. The minimum atomic E-state index is 0.666. The summed E-state index contributed by atoms with van der Waals surface area (Å²) in [4.78, 5) is 4.28. The van der Waals surface area contributed by atoms with Crippen LogP contribution in [-0.4, -0.2) is 12.1 Å². The highest BCUT2D eigenvalue weighted by Crippen LogP contribution is 2.31. The Kier molecular flexibility index (Phi) is 2.46. The largest absolute Gasteiger partial charge is 0.496 e. The molecule has 2 aromatic rings. The van der Waals surface area contributed by atoms with Gasteiger partial charge in [0.25, 0.3) is 0 Å². The summed E-state index contributed by atoms with van der Waals surface area (Å²) < 4.78 is 5.32. The van der Waals surface area contributed by atoms with Crippen LogP contribution in [0.4, 0.5) is 5.69 Å². The van der Waals surface area contributed by atoms with Gasteiger partial charge in [0.05, 0.1) is 18.3 Å². The molecule has 3 nitrogen and oxygen atoms in total. The standard InChI is InChI=1S/C12H14N2O/c1-3-8-9-5-4-6-14-12(9)10(13)7-11(8)15-2/h4-7H,3,13H2,1-2H3. The Balaban J connectivity index is 2.85. The van der Waals surface area contributed by atoms with Crippen LogP contribution >= 0.6 is 0 Å². The molecule has 1 aromatic carbocycles. The summed E-state index contributed by atoms with van der Waals surface area (Å²) in [5.41, 5.74) is 8.60. The van der Waals surface area contributed by atoms with Gasteiger partial charge in [0.2, 0.25) is 0 Å². The van der Waals surface area contributed by atoms with Gasteiger partial charge in [0, 0.05) is 23.2 Å². The lowest BCUT2D eigenvalue weighted by atomic mass is 10.0. The van der Waals surface area contributed by atoms with Crippen LogP contribution < -0.4 is 10.5 Å². The van der Waals surface area contributed by atoms with E-state index < -0.39 is 0 Å². The minimum absolute atomic E-state index is 0.666. The monoisotopic (exact) mass is 202 g/mol. The topological polar surface area (TPSA) is 48.1 Å². The molecule has 0 atom stereocenters. The molecule has 0 aliphatic rings. The number of aryl methyl sites for hydroxylation is 1. The van der Waals surface area contributed by atoms with Gasteiger partial charge < -0.3 is 10.5 Å². The zero-order chi connectivity index (χ0) is 10.8. The lowest BCUT2D eigenvalue weighted by Crippen LogP contribution is -1.97. The van der Waals surface area contributed by atoms with E-state index in [4.69, 9.17) is 10.5 Å². The summed E-state index contributed by atoms with van der Waals surface area (Å²) in [6, 6.07) is 5.79. The molecular weight excluding hydrogens is 188 g/mol. The van der Waals surface area contributed by atoms with Crippen molar-refractivity contribution in [1.82, 2.24) is 4.98 Å². The van der Waals surface area contributed by atoms with Gasteiger partial charge in [-0.1, -0.05) is 13.0 Å². The van der Waals surface area contributed by atoms with E-state index in [9.17, 15) is 0 Å².